The molecule has 0 aliphatic carbocycles. The van der Waals surface area contributed by atoms with Crippen LogP contribution in [0.2, 0.25) is 17.1 Å². The van der Waals surface area contributed by atoms with Crippen molar-refractivity contribution in [3.05, 3.63) is 0 Å². The van der Waals surface area contributed by atoms with E-state index in [-0.39, 0.29) is 0 Å². The summed E-state index contributed by atoms with van der Waals surface area (Å²) in [5, 5.41) is 8.44. The molecular formula is C5H15AsOS. The van der Waals surface area contributed by atoms with Crippen molar-refractivity contribution in [2.24, 2.45) is 0 Å². The summed E-state index contributed by atoms with van der Waals surface area (Å²) in [6.07, 6.45) is 0. The number of hydrogen-bond donors (Lipinski definition) is 1. The number of rotatable bonds is 3. The standard InChI is InChI=1S/C5H15AsOS/c1-6(2,3)8-5-4-7/h6-7H,4-5H2,1-3H3. The Kier molecular flexibility index (Phi) is 4.23. The Morgan fingerprint density at radius 2 is 1.88 bits per heavy atom. The first-order valence-corrected chi connectivity index (χ1v) is 12.7. The average Bonchev–Trinajstić information content (AvgIpc) is 1.59. The molecule has 0 rings (SSSR count). The summed E-state index contributed by atoms with van der Waals surface area (Å²) in [5.74, 6) is 0.934. The Balaban J connectivity index is 3.11. The maximum atomic E-state index is 8.44. The van der Waals surface area contributed by atoms with Crippen molar-refractivity contribution in [3.63, 3.8) is 0 Å². The molecule has 0 aromatic rings. The van der Waals surface area contributed by atoms with Gasteiger partial charge in [-0.25, -0.2) is 0 Å². The molecule has 0 unspecified atom stereocenters. The van der Waals surface area contributed by atoms with E-state index in [0.717, 1.165) is 5.75 Å². The Bertz CT molecular complexity index is 59.9. The van der Waals surface area contributed by atoms with Crippen LogP contribution in [-0.4, -0.2) is 29.9 Å². The fourth-order valence-corrected chi connectivity index (χ4v) is 5.48. The average molecular weight is 198 g/mol. The van der Waals surface area contributed by atoms with Gasteiger partial charge in [0.25, 0.3) is 0 Å². The molecule has 0 bridgehead atoms. The fourth-order valence-electron chi connectivity index (χ4n) is 0.352. The van der Waals surface area contributed by atoms with E-state index < -0.39 is 12.4 Å². The van der Waals surface area contributed by atoms with Gasteiger partial charge in [-0.15, -0.1) is 0 Å². The molecule has 1 nitrogen and oxygen atoms in total. The van der Waals surface area contributed by atoms with Crippen molar-refractivity contribution in [2.45, 2.75) is 17.1 Å². The topological polar surface area (TPSA) is 20.2 Å². The van der Waals surface area contributed by atoms with Crippen LogP contribution in [0, 0.1) is 0 Å². The van der Waals surface area contributed by atoms with Crippen molar-refractivity contribution in [2.75, 3.05) is 12.4 Å². The molecule has 0 heterocycles. The third-order valence-corrected chi connectivity index (χ3v) is 8.61. The molecule has 1 N–H and O–H groups in total. The van der Waals surface area contributed by atoms with E-state index in [1.165, 1.54) is 0 Å². The molecule has 0 saturated heterocycles. The van der Waals surface area contributed by atoms with Crippen molar-refractivity contribution < 1.29 is 5.11 Å². The molecule has 0 aromatic carbocycles. The molecule has 0 radical (unpaired) electrons. The Morgan fingerprint density at radius 1 is 1.38 bits per heavy atom. The van der Waals surface area contributed by atoms with E-state index >= 15 is 0 Å². The first-order valence-electron chi connectivity index (χ1n) is 2.81. The summed E-state index contributed by atoms with van der Waals surface area (Å²) in [5.41, 5.74) is 7.00. The second-order valence-corrected chi connectivity index (χ2v) is 20.4. The zero-order valence-electron chi connectivity index (χ0n) is 5.77. The van der Waals surface area contributed by atoms with Gasteiger partial charge in [-0.05, 0) is 0 Å². The minimum absolute atomic E-state index is 0.340. The van der Waals surface area contributed by atoms with Crippen LogP contribution in [0.3, 0.4) is 0 Å². The molecule has 0 atom stereocenters. The van der Waals surface area contributed by atoms with Crippen LogP contribution in [0.15, 0.2) is 0 Å². The van der Waals surface area contributed by atoms with Gasteiger partial charge < -0.3 is 0 Å². The second-order valence-electron chi connectivity index (χ2n) is 2.68. The Morgan fingerprint density at radius 3 is 2.00 bits per heavy atom. The Hall–Kier alpha value is 0.868. The summed E-state index contributed by atoms with van der Waals surface area (Å²) in [7, 11) is 1.97. The van der Waals surface area contributed by atoms with Gasteiger partial charge in [0.1, 0.15) is 0 Å². The van der Waals surface area contributed by atoms with E-state index in [4.69, 9.17) is 5.11 Å². The summed E-state index contributed by atoms with van der Waals surface area (Å²) in [6, 6.07) is 0. The SMILES string of the molecule is C[AsH](C)(C)SCCO. The van der Waals surface area contributed by atoms with Gasteiger partial charge in [-0.2, -0.15) is 0 Å². The normalized spacial score (nSPS) is 14.0. The molecule has 8 heavy (non-hydrogen) atoms. The van der Waals surface area contributed by atoms with Gasteiger partial charge in [0.05, 0.1) is 0 Å². The third kappa shape index (κ3) is 6.87. The monoisotopic (exact) mass is 198 g/mol. The van der Waals surface area contributed by atoms with Crippen LogP contribution >= 0.6 is 10.0 Å². The van der Waals surface area contributed by atoms with Crippen molar-refractivity contribution >= 4 is 22.4 Å². The molecular weight excluding hydrogens is 183 g/mol. The first kappa shape index (κ1) is 8.87. The summed E-state index contributed by atoms with van der Waals surface area (Å²) >= 11 is -1.35. The maximum absolute atomic E-state index is 8.44. The zero-order chi connectivity index (χ0) is 6.62. The van der Waals surface area contributed by atoms with Crippen molar-refractivity contribution in [1.82, 2.24) is 0 Å². The minimum atomic E-state index is -1.35. The molecule has 0 aliphatic rings. The van der Waals surface area contributed by atoms with Gasteiger partial charge in [-0.1, -0.05) is 0 Å². The van der Waals surface area contributed by atoms with Crippen LogP contribution in [0.4, 0.5) is 0 Å². The molecule has 0 fully saturated rings. The zero-order valence-corrected chi connectivity index (χ0v) is 8.68. The molecule has 0 aliphatic heterocycles. The van der Waals surface area contributed by atoms with Crippen LogP contribution in [0.25, 0.3) is 0 Å². The predicted octanol–water partition coefficient (Wildman–Crippen LogP) is 1.28. The quantitative estimate of drug-likeness (QED) is 0.689. The molecule has 52 valence electrons. The Labute approximate surface area is 57.3 Å². The number of aliphatic hydroxyl groups excluding tert-OH is 1. The third-order valence-electron chi connectivity index (χ3n) is 0.626. The molecule has 0 saturated carbocycles. The summed E-state index contributed by atoms with van der Waals surface area (Å²) in [6.45, 7) is 0.340. The van der Waals surface area contributed by atoms with Crippen LogP contribution < -0.4 is 0 Å². The molecule has 0 spiro atoms. The fraction of sp³-hybridized carbons (Fsp3) is 1.00. The second kappa shape index (κ2) is 3.81. The van der Waals surface area contributed by atoms with Gasteiger partial charge in [0.15, 0.2) is 0 Å². The van der Waals surface area contributed by atoms with Crippen LogP contribution in [0.5, 0.6) is 0 Å². The van der Waals surface area contributed by atoms with Crippen LogP contribution in [-0.2, 0) is 0 Å². The van der Waals surface area contributed by atoms with E-state index in [1.54, 1.807) is 0 Å². The van der Waals surface area contributed by atoms with Crippen molar-refractivity contribution in [1.29, 1.82) is 0 Å². The number of hydrogen-bond acceptors (Lipinski definition) is 2. The van der Waals surface area contributed by atoms with E-state index in [1.807, 2.05) is 10.0 Å². The van der Waals surface area contributed by atoms with Gasteiger partial charge in [-0.3, -0.25) is 0 Å². The van der Waals surface area contributed by atoms with E-state index in [2.05, 4.69) is 17.1 Å². The van der Waals surface area contributed by atoms with Gasteiger partial charge in [0, 0.05) is 0 Å². The van der Waals surface area contributed by atoms with Gasteiger partial charge >= 0.3 is 57.0 Å². The van der Waals surface area contributed by atoms with Crippen LogP contribution in [0.1, 0.15) is 0 Å². The van der Waals surface area contributed by atoms with Crippen molar-refractivity contribution in [3.8, 4) is 0 Å². The summed E-state index contributed by atoms with van der Waals surface area (Å²) < 4.78 is 0. The van der Waals surface area contributed by atoms with E-state index in [9.17, 15) is 0 Å². The molecule has 3 heteroatoms. The predicted molar refractivity (Wildman–Crippen MR) is 44.3 cm³/mol. The molecule has 0 amide bonds. The summed E-state index contributed by atoms with van der Waals surface area (Å²) in [4.78, 5) is 0. The van der Waals surface area contributed by atoms with Gasteiger partial charge in [0.2, 0.25) is 0 Å². The van der Waals surface area contributed by atoms with E-state index in [0.29, 0.717) is 6.61 Å². The molecule has 0 aromatic heterocycles. The first-order chi connectivity index (χ1) is 3.56. The number of aliphatic hydroxyl groups is 1.